The molecule has 0 saturated heterocycles. The molecular weight excluding hydrogens is 390 g/mol. The Bertz CT molecular complexity index is 1020. The maximum atomic E-state index is 12.8. The zero-order chi connectivity index (χ0) is 21.7. The van der Waals surface area contributed by atoms with Gasteiger partial charge in [-0.05, 0) is 60.1 Å². The van der Waals surface area contributed by atoms with Crippen LogP contribution in [0.3, 0.4) is 0 Å². The lowest BCUT2D eigenvalue weighted by molar-refractivity contribution is 0.102. The van der Waals surface area contributed by atoms with Gasteiger partial charge in [0, 0.05) is 11.1 Å². The van der Waals surface area contributed by atoms with E-state index in [-0.39, 0.29) is 5.82 Å². The van der Waals surface area contributed by atoms with Gasteiger partial charge >= 0.3 is 0 Å². The molecule has 1 aromatic heterocycles. The average Bonchev–Trinajstić information content (AvgIpc) is 3.22. The van der Waals surface area contributed by atoms with E-state index in [9.17, 15) is 4.79 Å². The quantitative estimate of drug-likeness (QED) is 0.596. The Kier molecular flexibility index (Phi) is 6.41. The smallest absolute Gasteiger partial charge is 0.257 e. The monoisotopic (exact) mass is 413 g/mol. The molecule has 0 saturated carbocycles. The van der Waals surface area contributed by atoms with E-state index in [1.54, 1.807) is 12.1 Å². The first-order valence-corrected chi connectivity index (χ1v) is 9.20. The van der Waals surface area contributed by atoms with E-state index < -0.39 is 5.91 Å². The van der Waals surface area contributed by atoms with Crippen molar-refractivity contribution in [3.63, 3.8) is 0 Å². The number of hydrogen-bond acceptors (Lipinski definition) is 8. The summed E-state index contributed by atoms with van der Waals surface area (Å²) in [6.45, 7) is 4.42. The minimum atomic E-state index is -0.436. The summed E-state index contributed by atoms with van der Waals surface area (Å²) in [6, 6.07) is 8.65. The number of aryl methyl sites for hydroxylation is 1. The molecule has 0 atom stereocenters. The molecule has 0 aliphatic carbocycles. The highest BCUT2D eigenvalue weighted by atomic mass is 16.6. The molecule has 1 N–H and O–H groups in total. The number of benzene rings is 2. The summed E-state index contributed by atoms with van der Waals surface area (Å²) in [6.07, 6.45) is 0. The predicted molar refractivity (Wildman–Crippen MR) is 110 cm³/mol. The molecule has 0 fully saturated rings. The fourth-order valence-electron chi connectivity index (χ4n) is 2.97. The molecule has 0 unspecified atom stereocenters. The number of methoxy groups -OCH3 is 3. The van der Waals surface area contributed by atoms with Crippen LogP contribution in [-0.2, 0) is 0 Å². The molecule has 1 heterocycles. The molecular formula is C21H23N3O6. The average molecular weight is 413 g/mol. The van der Waals surface area contributed by atoms with E-state index in [0.717, 1.165) is 16.9 Å². The number of amides is 1. The lowest BCUT2D eigenvalue weighted by Gasteiger charge is -2.13. The number of anilines is 1. The van der Waals surface area contributed by atoms with Crippen molar-refractivity contribution in [2.24, 2.45) is 0 Å². The van der Waals surface area contributed by atoms with Crippen molar-refractivity contribution in [3.05, 3.63) is 41.5 Å². The number of carbonyl (C=O) groups is 1. The summed E-state index contributed by atoms with van der Waals surface area (Å²) in [4.78, 5) is 12.8. The molecule has 0 aliphatic rings. The van der Waals surface area contributed by atoms with Crippen LogP contribution in [0.2, 0.25) is 0 Å². The number of nitrogens with one attached hydrogen (secondary N) is 1. The van der Waals surface area contributed by atoms with Crippen LogP contribution in [0.15, 0.2) is 35.0 Å². The molecule has 3 aromatic rings. The third-order valence-corrected chi connectivity index (χ3v) is 4.40. The zero-order valence-corrected chi connectivity index (χ0v) is 17.4. The molecule has 2 aromatic carbocycles. The van der Waals surface area contributed by atoms with Gasteiger partial charge in [0.1, 0.15) is 5.75 Å². The van der Waals surface area contributed by atoms with Gasteiger partial charge in [0.05, 0.1) is 27.9 Å². The van der Waals surface area contributed by atoms with Gasteiger partial charge in [-0.3, -0.25) is 4.79 Å². The van der Waals surface area contributed by atoms with E-state index in [0.29, 0.717) is 35.1 Å². The Morgan fingerprint density at radius 1 is 1.00 bits per heavy atom. The summed E-state index contributed by atoms with van der Waals surface area (Å²) in [5.41, 5.74) is 2.36. The first-order valence-electron chi connectivity index (χ1n) is 9.20. The second-order valence-electron chi connectivity index (χ2n) is 6.24. The summed E-state index contributed by atoms with van der Waals surface area (Å²) in [5.74, 6) is 1.65. The van der Waals surface area contributed by atoms with Gasteiger partial charge in [-0.2, -0.15) is 0 Å². The SMILES string of the molecule is CCOc1ccc(-c2nonc2NC(=O)c2cc(OC)c(OC)c(OC)c2)cc1C. The molecule has 0 bridgehead atoms. The second kappa shape index (κ2) is 9.17. The van der Waals surface area contributed by atoms with Crippen LogP contribution in [0.25, 0.3) is 11.3 Å². The van der Waals surface area contributed by atoms with Gasteiger partial charge in [-0.25, -0.2) is 4.63 Å². The van der Waals surface area contributed by atoms with E-state index in [2.05, 4.69) is 15.6 Å². The van der Waals surface area contributed by atoms with Crippen molar-refractivity contribution in [1.82, 2.24) is 10.3 Å². The molecule has 0 spiro atoms. The standard InChI is InChI=1S/C21H23N3O6/c1-6-29-15-8-7-13(9-12(15)2)18-20(24-30-23-18)22-21(25)14-10-16(26-3)19(28-5)17(11-14)27-4/h7-11H,6H2,1-5H3,(H,22,24,25). The lowest BCUT2D eigenvalue weighted by Crippen LogP contribution is -2.13. The fourth-order valence-corrected chi connectivity index (χ4v) is 2.97. The van der Waals surface area contributed by atoms with Crippen LogP contribution < -0.4 is 24.3 Å². The van der Waals surface area contributed by atoms with Crippen molar-refractivity contribution in [2.75, 3.05) is 33.3 Å². The van der Waals surface area contributed by atoms with Crippen LogP contribution in [0.4, 0.5) is 5.82 Å². The summed E-state index contributed by atoms with van der Waals surface area (Å²) >= 11 is 0. The normalized spacial score (nSPS) is 10.4. The number of nitrogens with zero attached hydrogens (tertiary/aromatic N) is 2. The Morgan fingerprint density at radius 2 is 1.70 bits per heavy atom. The van der Waals surface area contributed by atoms with Crippen molar-refractivity contribution in [3.8, 4) is 34.3 Å². The first-order chi connectivity index (χ1) is 14.5. The summed E-state index contributed by atoms with van der Waals surface area (Å²) < 4.78 is 26.3. The molecule has 158 valence electrons. The van der Waals surface area contributed by atoms with Crippen LogP contribution in [0, 0.1) is 6.92 Å². The highest BCUT2D eigenvalue weighted by molar-refractivity contribution is 6.06. The van der Waals surface area contributed by atoms with Crippen LogP contribution in [0.1, 0.15) is 22.8 Å². The summed E-state index contributed by atoms with van der Waals surface area (Å²) in [5, 5.41) is 10.5. The van der Waals surface area contributed by atoms with E-state index in [4.69, 9.17) is 23.6 Å². The molecule has 0 aliphatic heterocycles. The number of rotatable bonds is 8. The van der Waals surface area contributed by atoms with Gasteiger partial charge in [0.25, 0.3) is 5.91 Å². The van der Waals surface area contributed by atoms with Crippen LogP contribution in [-0.4, -0.2) is 44.2 Å². The highest BCUT2D eigenvalue weighted by Gasteiger charge is 2.20. The van der Waals surface area contributed by atoms with Gasteiger partial charge < -0.3 is 24.3 Å². The van der Waals surface area contributed by atoms with E-state index >= 15 is 0 Å². The van der Waals surface area contributed by atoms with Gasteiger partial charge in [0.15, 0.2) is 17.2 Å². The van der Waals surface area contributed by atoms with Gasteiger partial charge in [-0.15, -0.1) is 0 Å². The van der Waals surface area contributed by atoms with Gasteiger partial charge in [-0.1, -0.05) is 0 Å². The Labute approximate surface area is 173 Å². The number of carbonyl (C=O) groups excluding carboxylic acids is 1. The highest BCUT2D eigenvalue weighted by Crippen LogP contribution is 2.38. The van der Waals surface area contributed by atoms with Crippen molar-refractivity contribution in [2.45, 2.75) is 13.8 Å². The Hall–Kier alpha value is -3.75. The Morgan fingerprint density at radius 3 is 2.27 bits per heavy atom. The maximum absolute atomic E-state index is 12.8. The first kappa shape index (κ1) is 21.0. The number of ether oxygens (including phenoxy) is 4. The lowest BCUT2D eigenvalue weighted by atomic mass is 10.1. The third-order valence-electron chi connectivity index (χ3n) is 4.40. The molecule has 30 heavy (non-hydrogen) atoms. The summed E-state index contributed by atoms with van der Waals surface area (Å²) in [7, 11) is 4.45. The second-order valence-corrected chi connectivity index (χ2v) is 6.24. The third kappa shape index (κ3) is 4.14. The fraction of sp³-hybridized carbons (Fsp3) is 0.286. The zero-order valence-electron chi connectivity index (χ0n) is 17.4. The van der Waals surface area contributed by atoms with Crippen LogP contribution in [0.5, 0.6) is 23.0 Å². The molecule has 0 radical (unpaired) electrons. The predicted octanol–water partition coefficient (Wildman–Crippen LogP) is 3.72. The van der Waals surface area contributed by atoms with Crippen molar-refractivity contribution in [1.29, 1.82) is 0 Å². The molecule has 9 nitrogen and oxygen atoms in total. The molecule has 9 heteroatoms. The molecule has 1 amide bonds. The number of hydrogen-bond donors (Lipinski definition) is 1. The topological polar surface area (TPSA) is 105 Å². The van der Waals surface area contributed by atoms with E-state index in [1.807, 2.05) is 32.0 Å². The van der Waals surface area contributed by atoms with E-state index in [1.165, 1.54) is 21.3 Å². The van der Waals surface area contributed by atoms with Crippen molar-refractivity contribution >= 4 is 11.7 Å². The van der Waals surface area contributed by atoms with Crippen LogP contribution >= 0.6 is 0 Å². The largest absolute Gasteiger partial charge is 0.494 e. The maximum Gasteiger partial charge on any atom is 0.257 e. The number of aromatic nitrogens is 2. The minimum absolute atomic E-state index is 0.192. The minimum Gasteiger partial charge on any atom is -0.494 e. The Balaban J connectivity index is 1.89. The molecule has 3 rings (SSSR count). The van der Waals surface area contributed by atoms with Gasteiger partial charge in [0.2, 0.25) is 11.6 Å². The van der Waals surface area contributed by atoms with Crippen molar-refractivity contribution < 1.29 is 28.4 Å².